The average Bonchev–Trinajstić information content (AvgIpc) is 2.03. The summed E-state index contributed by atoms with van der Waals surface area (Å²) in [6.45, 7) is 0. The molecular weight excluding hydrogens is 210 g/mol. The molecule has 15 heavy (non-hydrogen) atoms. The maximum absolute atomic E-state index is 11.5. The second kappa shape index (κ2) is 3.52. The van der Waals surface area contributed by atoms with Crippen LogP contribution < -0.4 is 5.73 Å². The van der Waals surface area contributed by atoms with E-state index < -0.39 is 9.84 Å². The van der Waals surface area contributed by atoms with Crippen molar-refractivity contribution in [3.05, 3.63) is 23.8 Å². The van der Waals surface area contributed by atoms with Crippen LogP contribution in [0, 0.1) is 0 Å². The van der Waals surface area contributed by atoms with E-state index in [9.17, 15) is 8.42 Å². The number of hydrogen-bond acceptors (Lipinski definition) is 3. The molecule has 0 saturated heterocycles. The molecule has 2 N–H and O–H groups in total. The molecule has 4 heteroatoms. The van der Waals surface area contributed by atoms with Gasteiger partial charge in [-0.3, -0.25) is 0 Å². The van der Waals surface area contributed by atoms with Crippen molar-refractivity contribution in [3.63, 3.8) is 0 Å². The molecule has 0 spiro atoms. The molecule has 82 valence electrons. The van der Waals surface area contributed by atoms with Crippen LogP contribution in [0.25, 0.3) is 0 Å². The average molecular weight is 225 g/mol. The highest BCUT2D eigenvalue weighted by molar-refractivity contribution is 7.90. The lowest BCUT2D eigenvalue weighted by Gasteiger charge is -2.27. The van der Waals surface area contributed by atoms with Crippen LogP contribution in [-0.4, -0.2) is 14.7 Å². The zero-order chi connectivity index (χ0) is 11.1. The molecule has 1 aromatic rings. The van der Waals surface area contributed by atoms with E-state index >= 15 is 0 Å². The van der Waals surface area contributed by atoms with Crippen LogP contribution in [0.5, 0.6) is 0 Å². The van der Waals surface area contributed by atoms with Gasteiger partial charge in [0.1, 0.15) is 0 Å². The Kier molecular flexibility index (Phi) is 2.46. The maximum Gasteiger partial charge on any atom is 0.177 e. The van der Waals surface area contributed by atoms with Gasteiger partial charge in [0, 0.05) is 6.26 Å². The van der Waals surface area contributed by atoms with E-state index in [1.54, 1.807) is 12.1 Å². The quantitative estimate of drug-likeness (QED) is 0.782. The van der Waals surface area contributed by atoms with Gasteiger partial charge in [0.25, 0.3) is 0 Å². The fourth-order valence-electron chi connectivity index (χ4n) is 1.96. The van der Waals surface area contributed by atoms with Crippen molar-refractivity contribution in [2.75, 3.05) is 12.0 Å². The van der Waals surface area contributed by atoms with Gasteiger partial charge >= 0.3 is 0 Å². The molecule has 1 fully saturated rings. The predicted octanol–water partition coefficient (Wildman–Crippen LogP) is 1.94. The van der Waals surface area contributed by atoms with Gasteiger partial charge < -0.3 is 5.73 Å². The summed E-state index contributed by atoms with van der Waals surface area (Å²) in [6.07, 6.45) is 4.66. The minimum atomic E-state index is -3.20. The van der Waals surface area contributed by atoms with Gasteiger partial charge in [-0.1, -0.05) is 18.6 Å². The first-order valence-electron chi connectivity index (χ1n) is 5.08. The van der Waals surface area contributed by atoms with E-state index in [0.29, 0.717) is 11.6 Å². The molecule has 0 amide bonds. The molecule has 0 bridgehead atoms. The van der Waals surface area contributed by atoms with Crippen molar-refractivity contribution >= 4 is 15.5 Å². The number of anilines is 1. The SMILES string of the molecule is CS(=O)(=O)c1cccc(C2CCC2)c1N. The summed E-state index contributed by atoms with van der Waals surface area (Å²) in [5.74, 6) is 0.465. The number of rotatable bonds is 2. The Morgan fingerprint density at radius 3 is 2.47 bits per heavy atom. The summed E-state index contributed by atoms with van der Waals surface area (Å²) in [7, 11) is -3.20. The number of benzene rings is 1. The summed E-state index contributed by atoms with van der Waals surface area (Å²) in [4.78, 5) is 0.270. The Bertz CT molecular complexity index is 475. The van der Waals surface area contributed by atoms with Crippen LogP contribution in [0.1, 0.15) is 30.7 Å². The molecule has 0 heterocycles. The summed E-state index contributed by atoms with van der Waals surface area (Å²) < 4.78 is 22.9. The van der Waals surface area contributed by atoms with E-state index in [1.165, 1.54) is 12.7 Å². The normalized spacial score (nSPS) is 17.4. The lowest BCUT2D eigenvalue weighted by atomic mass is 9.79. The fourth-order valence-corrected chi connectivity index (χ4v) is 2.80. The van der Waals surface area contributed by atoms with Crippen LogP contribution in [0.3, 0.4) is 0 Å². The molecule has 0 aromatic heterocycles. The smallest absolute Gasteiger partial charge is 0.177 e. The highest BCUT2D eigenvalue weighted by Crippen LogP contribution is 2.40. The van der Waals surface area contributed by atoms with Gasteiger partial charge in [-0.15, -0.1) is 0 Å². The molecule has 1 aliphatic carbocycles. The Morgan fingerprint density at radius 2 is 2.00 bits per heavy atom. The summed E-state index contributed by atoms with van der Waals surface area (Å²) >= 11 is 0. The lowest BCUT2D eigenvalue weighted by molar-refractivity contribution is 0.420. The summed E-state index contributed by atoms with van der Waals surface area (Å²) in [5, 5.41) is 0. The lowest BCUT2D eigenvalue weighted by Crippen LogP contribution is -2.13. The highest BCUT2D eigenvalue weighted by Gasteiger charge is 2.24. The van der Waals surface area contributed by atoms with Gasteiger partial charge in [0.2, 0.25) is 0 Å². The number of hydrogen-bond donors (Lipinski definition) is 1. The second-order valence-electron chi connectivity index (χ2n) is 4.16. The highest BCUT2D eigenvalue weighted by atomic mass is 32.2. The molecule has 0 unspecified atom stereocenters. The molecule has 1 aromatic carbocycles. The van der Waals surface area contributed by atoms with Crippen molar-refractivity contribution in [2.45, 2.75) is 30.1 Å². The van der Waals surface area contributed by atoms with Crippen molar-refractivity contribution in [1.29, 1.82) is 0 Å². The van der Waals surface area contributed by atoms with E-state index in [2.05, 4.69) is 0 Å². The van der Waals surface area contributed by atoms with Crippen molar-refractivity contribution in [1.82, 2.24) is 0 Å². The molecule has 0 atom stereocenters. The van der Waals surface area contributed by atoms with Crippen LogP contribution in [0.2, 0.25) is 0 Å². The zero-order valence-corrected chi connectivity index (χ0v) is 9.55. The second-order valence-corrected chi connectivity index (χ2v) is 6.14. The number of nitrogen functional groups attached to an aromatic ring is 1. The van der Waals surface area contributed by atoms with Crippen molar-refractivity contribution in [2.24, 2.45) is 0 Å². The molecule has 0 aliphatic heterocycles. The number of nitrogens with two attached hydrogens (primary N) is 1. The van der Waals surface area contributed by atoms with Gasteiger partial charge in [-0.2, -0.15) is 0 Å². The molecule has 0 radical (unpaired) electrons. The first-order chi connectivity index (χ1) is 7.00. The number of sulfone groups is 1. The summed E-state index contributed by atoms with van der Waals surface area (Å²) in [6, 6.07) is 5.29. The van der Waals surface area contributed by atoms with Crippen LogP contribution in [-0.2, 0) is 9.84 Å². The molecular formula is C11H15NO2S. The predicted molar refractivity (Wildman–Crippen MR) is 60.6 cm³/mol. The molecule has 1 aliphatic rings. The third-order valence-corrected chi connectivity index (χ3v) is 4.20. The maximum atomic E-state index is 11.5. The standard InChI is InChI=1S/C11H15NO2S/c1-15(13,14)10-7-3-6-9(11(10)12)8-4-2-5-8/h3,6-8H,2,4-5,12H2,1H3. The fraction of sp³-hybridized carbons (Fsp3) is 0.455. The third-order valence-electron chi connectivity index (χ3n) is 3.04. The molecule has 2 rings (SSSR count). The van der Waals surface area contributed by atoms with E-state index in [-0.39, 0.29) is 4.90 Å². The topological polar surface area (TPSA) is 60.2 Å². The first kappa shape index (κ1) is 10.5. The van der Waals surface area contributed by atoms with Gasteiger partial charge in [0.05, 0.1) is 10.6 Å². The minimum Gasteiger partial charge on any atom is -0.397 e. The van der Waals surface area contributed by atoms with E-state index in [1.807, 2.05) is 6.07 Å². The Balaban J connectivity index is 2.50. The molecule has 3 nitrogen and oxygen atoms in total. The van der Waals surface area contributed by atoms with Gasteiger partial charge in [0.15, 0.2) is 9.84 Å². The number of para-hydroxylation sites is 1. The molecule has 1 saturated carbocycles. The van der Waals surface area contributed by atoms with E-state index in [4.69, 9.17) is 5.73 Å². The van der Waals surface area contributed by atoms with Gasteiger partial charge in [-0.25, -0.2) is 8.42 Å². The van der Waals surface area contributed by atoms with Crippen molar-refractivity contribution < 1.29 is 8.42 Å². The minimum absolute atomic E-state index is 0.270. The van der Waals surface area contributed by atoms with Gasteiger partial charge in [-0.05, 0) is 30.4 Å². The Labute approximate surface area is 90.2 Å². The third kappa shape index (κ3) is 1.86. The van der Waals surface area contributed by atoms with Crippen LogP contribution in [0.4, 0.5) is 5.69 Å². The van der Waals surface area contributed by atoms with E-state index in [0.717, 1.165) is 18.4 Å². The summed E-state index contributed by atoms with van der Waals surface area (Å²) in [5.41, 5.74) is 7.35. The largest absolute Gasteiger partial charge is 0.397 e. The Morgan fingerprint density at radius 1 is 1.33 bits per heavy atom. The first-order valence-corrected chi connectivity index (χ1v) is 6.97. The van der Waals surface area contributed by atoms with Crippen molar-refractivity contribution in [3.8, 4) is 0 Å². The van der Waals surface area contributed by atoms with Crippen LogP contribution >= 0.6 is 0 Å². The Hall–Kier alpha value is -1.03. The monoisotopic (exact) mass is 225 g/mol. The van der Waals surface area contributed by atoms with Crippen LogP contribution in [0.15, 0.2) is 23.1 Å². The zero-order valence-electron chi connectivity index (χ0n) is 8.73.